The van der Waals surface area contributed by atoms with Crippen molar-refractivity contribution in [2.75, 3.05) is 4.90 Å². The number of carbonyl (C=O) groups is 1. The molecule has 0 unspecified atom stereocenters. The van der Waals surface area contributed by atoms with Gasteiger partial charge in [0.25, 0.3) is 0 Å². The molecule has 186 valence electrons. The van der Waals surface area contributed by atoms with Crippen LogP contribution >= 0.6 is 0 Å². The van der Waals surface area contributed by atoms with Crippen LogP contribution in [-0.2, 0) is 0 Å². The van der Waals surface area contributed by atoms with Crippen LogP contribution in [0.5, 0.6) is 11.5 Å². The molecule has 4 aromatic carbocycles. The highest BCUT2D eigenvalue weighted by Crippen LogP contribution is 2.38. The first-order valence-corrected chi connectivity index (χ1v) is 12.0. The third kappa shape index (κ3) is 6.16. The lowest BCUT2D eigenvalue weighted by Gasteiger charge is -2.27. The number of carboxylic acid groups (broad SMARTS) is 1. The highest BCUT2D eigenvalue weighted by atomic mass is 16.5. The van der Waals surface area contributed by atoms with E-state index in [9.17, 15) is 9.90 Å². The molecule has 0 aliphatic heterocycles. The quantitative estimate of drug-likeness (QED) is 0.298. The minimum Gasteiger partial charge on any atom is -0.488 e. The molecular formula is C31H33NO4. The lowest BCUT2D eigenvalue weighted by atomic mass is 10.1. The Morgan fingerprint density at radius 1 is 0.611 bits per heavy atom. The first kappa shape index (κ1) is 25.1. The molecule has 4 aromatic rings. The van der Waals surface area contributed by atoms with Gasteiger partial charge in [-0.25, -0.2) is 4.79 Å². The van der Waals surface area contributed by atoms with Gasteiger partial charge >= 0.3 is 5.97 Å². The molecular weight excluding hydrogens is 450 g/mol. The highest BCUT2D eigenvalue weighted by Gasteiger charge is 2.17. The number of carboxylic acids is 1. The van der Waals surface area contributed by atoms with Crippen LogP contribution < -0.4 is 14.4 Å². The lowest BCUT2D eigenvalue weighted by Crippen LogP contribution is -2.23. The lowest BCUT2D eigenvalue weighted by molar-refractivity contribution is 0.0696. The largest absolute Gasteiger partial charge is 0.488 e. The summed E-state index contributed by atoms with van der Waals surface area (Å²) in [7, 11) is 0. The van der Waals surface area contributed by atoms with Crippen LogP contribution in [0.1, 0.15) is 51.9 Å². The van der Waals surface area contributed by atoms with E-state index in [4.69, 9.17) is 9.47 Å². The van der Waals surface area contributed by atoms with E-state index in [-0.39, 0.29) is 16.8 Å². The summed E-state index contributed by atoms with van der Waals surface area (Å²) in [5, 5.41) is 11.5. The molecule has 5 nitrogen and oxygen atoms in total. The molecule has 0 atom stereocenters. The van der Waals surface area contributed by atoms with Gasteiger partial charge in [-0.2, -0.15) is 0 Å². The second-order valence-corrected chi connectivity index (χ2v) is 10.8. The van der Waals surface area contributed by atoms with Gasteiger partial charge in [0.15, 0.2) is 0 Å². The molecule has 0 aliphatic carbocycles. The number of anilines is 3. The fourth-order valence-electron chi connectivity index (χ4n) is 3.99. The highest BCUT2D eigenvalue weighted by molar-refractivity contribution is 5.91. The van der Waals surface area contributed by atoms with Crippen molar-refractivity contribution in [3.05, 3.63) is 90.5 Å². The summed E-state index contributed by atoms with van der Waals surface area (Å²) in [6.45, 7) is 12.1. The maximum absolute atomic E-state index is 11.4. The topological polar surface area (TPSA) is 59.0 Å². The summed E-state index contributed by atoms with van der Waals surface area (Å²) in [6, 6.07) is 27.2. The van der Waals surface area contributed by atoms with Gasteiger partial charge in [0.2, 0.25) is 0 Å². The molecule has 36 heavy (non-hydrogen) atoms. The number of hydrogen-bond acceptors (Lipinski definition) is 4. The molecule has 0 saturated carbocycles. The summed E-state index contributed by atoms with van der Waals surface area (Å²) in [5.74, 6) is 0.650. The van der Waals surface area contributed by atoms with E-state index in [0.717, 1.165) is 39.3 Å². The van der Waals surface area contributed by atoms with Crippen LogP contribution in [0.4, 0.5) is 17.1 Å². The monoisotopic (exact) mass is 483 g/mol. The Morgan fingerprint density at radius 3 is 1.64 bits per heavy atom. The molecule has 4 rings (SSSR count). The minimum absolute atomic E-state index is 0.245. The number of ether oxygens (including phenoxy) is 2. The Hall–Kier alpha value is -3.99. The van der Waals surface area contributed by atoms with E-state index in [1.54, 1.807) is 12.1 Å². The smallest absolute Gasteiger partial charge is 0.335 e. The summed E-state index contributed by atoms with van der Waals surface area (Å²) in [5.41, 5.74) is 2.39. The second-order valence-electron chi connectivity index (χ2n) is 10.8. The molecule has 0 saturated heterocycles. The van der Waals surface area contributed by atoms with Crippen LogP contribution in [0.25, 0.3) is 10.8 Å². The van der Waals surface area contributed by atoms with Crippen molar-refractivity contribution in [2.24, 2.45) is 0 Å². The number of hydrogen-bond donors (Lipinski definition) is 1. The predicted octanol–water partition coefficient (Wildman–Crippen LogP) is 8.36. The third-order valence-corrected chi connectivity index (χ3v) is 5.37. The van der Waals surface area contributed by atoms with Gasteiger partial charge in [-0.3, -0.25) is 0 Å². The van der Waals surface area contributed by atoms with E-state index < -0.39 is 5.97 Å². The van der Waals surface area contributed by atoms with Crippen LogP contribution in [0.2, 0.25) is 0 Å². The maximum atomic E-state index is 11.4. The van der Waals surface area contributed by atoms with E-state index in [1.165, 1.54) is 0 Å². The zero-order valence-electron chi connectivity index (χ0n) is 21.7. The predicted molar refractivity (Wildman–Crippen MR) is 146 cm³/mol. The van der Waals surface area contributed by atoms with Crippen LogP contribution in [0, 0.1) is 0 Å². The zero-order valence-corrected chi connectivity index (χ0v) is 21.7. The molecule has 5 heteroatoms. The van der Waals surface area contributed by atoms with E-state index in [1.807, 2.05) is 84.0 Å². The molecule has 0 spiro atoms. The van der Waals surface area contributed by atoms with Crippen molar-refractivity contribution in [1.82, 2.24) is 0 Å². The maximum Gasteiger partial charge on any atom is 0.335 e. The van der Waals surface area contributed by atoms with Crippen molar-refractivity contribution >= 4 is 33.8 Å². The first-order valence-electron chi connectivity index (χ1n) is 12.0. The van der Waals surface area contributed by atoms with Crippen molar-refractivity contribution in [3.63, 3.8) is 0 Å². The van der Waals surface area contributed by atoms with Gasteiger partial charge in [0, 0.05) is 17.1 Å². The van der Waals surface area contributed by atoms with Crippen LogP contribution in [0.15, 0.2) is 84.9 Å². The van der Waals surface area contributed by atoms with Gasteiger partial charge in [0.1, 0.15) is 22.7 Å². The number of rotatable bonds is 6. The van der Waals surface area contributed by atoms with Gasteiger partial charge in [-0.05, 0) is 125 Å². The molecule has 1 N–H and O–H groups in total. The van der Waals surface area contributed by atoms with Crippen LogP contribution in [-0.4, -0.2) is 22.3 Å². The van der Waals surface area contributed by atoms with E-state index in [2.05, 4.69) is 35.2 Å². The number of aromatic carboxylic acids is 1. The summed E-state index contributed by atoms with van der Waals surface area (Å²) < 4.78 is 12.1. The Labute approximate surface area is 212 Å². The number of benzene rings is 4. The molecule has 0 fully saturated rings. The molecule has 0 bridgehead atoms. The van der Waals surface area contributed by atoms with Gasteiger partial charge in [-0.15, -0.1) is 0 Å². The SMILES string of the molecule is CC(C)(C)Oc1ccc(N(c2ccc(C(=O)O)cc2)c2ccc3ccc(OC(C)(C)C)cc3c2)cc1. The van der Waals surface area contributed by atoms with Crippen molar-refractivity contribution in [3.8, 4) is 11.5 Å². The fraction of sp³-hybridized carbons (Fsp3) is 0.258. The molecule has 0 aromatic heterocycles. The normalized spacial score (nSPS) is 11.8. The Balaban J connectivity index is 1.79. The second kappa shape index (κ2) is 9.57. The van der Waals surface area contributed by atoms with Crippen molar-refractivity contribution < 1.29 is 19.4 Å². The number of fused-ring (bicyclic) bond motifs is 1. The first-order chi connectivity index (χ1) is 16.9. The molecule has 0 radical (unpaired) electrons. The average Bonchev–Trinajstić information content (AvgIpc) is 2.78. The van der Waals surface area contributed by atoms with Crippen molar-refractivity contribution in [2.45, 2.75) is 52.7 Å². The molecule has 0 heterocycles. The summed E-state index contributed by atoms with van der Waals surface area (Å²) >= 11 is 0. The molecule has 0 aliphatic rings. The van der Waals surface area contributed by atoms with Crippen molar-refractivity contribution in [1.29, 1.82) is 0 Å². The van der Waals surface area contributed by atoms with E-state index in [0.29, 0.717) is 0 Å². The average molecular weight is 484 g/mol. The standard InChI is InChI=1S/C31H33NO4/c1-30(2,3)35-27-17-14-25(15-18-27)32(24-11-8-22(9-12-24)29(33)34)26-13-7-21-10-16-28(20-23(21)19-26)36-31(4,5)6/h7-20H,1-6H3,(H,33,34). The zero-order chi connectivity index (χ0) is 26.1. The Morgan fingerprint density at radius 2 is 1.08 bits per heavy atom. The summed E-state index contributed by atoms with van der Waals surface area (Å²) in [4.78, 5) is 13.5. The van der Waals surface area contributed by atoms with E-state index >= 15 is 0 Å². The minimum atomic E-state index is -0.950. The third-order valence-electron chi connectivity index (χ3n) is 5.37. The van der Waals surface area contributed by atoms with Gasteiger partial charge < -0.3 is 19.5 Å². The van der Waals surface area contributed by atoms with Crippen LogP contribution in [0.3, 0.4) is 0 Å². The Kier molecular flexibility index (Phi) is 6.68. The fourth-order valence-corrected chi connectivity index (χ4v) is 3.99. The molecule has 0 amide bonds. The summed E-state index contributed by atoms with van der Waals surface area (Å²) in [6.07, 6.45) is 0. The van der Waals surface area contributed by atoms with Gasteiger partial charge in [-0.1, -0.05) is 12.1 Å². The number of nitrogens with zero attached hydrogens (tertiary/aromatic N) is 1. The van der Waals surface area contributed by atoms with Gasteiger partial charge in [0.05, 0.1) is 5.56 Å². The Bertz CT molecular complexity index is 1360.